The number of fused-ring (bicyclic) bond motifs is 1. The third kappa shape index (κ3) is 2.64. The predicted molar refractivity (Wildman–Crippen MR) is 78.6 cm³/mol. The van der Waals surface area contributed by atoms with E-state index in [9.17, 15) is 4.79 Å². The Morgan fingerprint density at radius 3 is 3.20 bits per heavy atom. The molecule has 1 saturated heterocycles. The van der Waals surface area contributed by atoms with Crippen LogP contribution in [-0.4, -0.2) is 40.4 Å². The Bertz CT molecular complexity index is 639. The van der Waals surface area contributed by atoms with E-state index in [4.69, 9.17) is 11.6 Å². The molecule has 1 aliphatic heterocycles. The van der Waals surface area contributed by atoms with E-state index >= 15 is 0 Å². The van der Waals surface area contributed by atoms with Crippen LogP contribution in [0.4, 0.5) is 0 Å². The van der Waals surface area contributed by atoms with Gasteiger partial charge in [-0.3, -0.25) is 9.69 Å². The van der Waals surface area contributed by atoms with Crippen LogP contribution in [0.5, 0.6) is 0 Å². The highest BCUT2D eigenvalue weighted by Gasteiger charge is 2.27. The number of hydrogen-bond donors (Lipinski definition) is 2. The summed E-state index contributed by atoms with van der Waals surface area (Å²) in [6.45, 7) is 1.40. The number of halogens is 1. The fraction of sp³-hybridized carbons (Fsp3) is 0.429. The number of benzene rings is 1. The molecule has 1 aromatic heterocycles. The quantitative estimate of drug-likeness (QED) is 0.909. The minimum Gasteiger partial charge on any atom is -0.348 e. The second-order valence-corrected chi connectivity index (χ2v) is 5.64. The number of rotatable bonds is 3. The number of carbonyl (C=O) groups is 1. The highest BCUT2D eigenvalue weighted by Crippen LogP contribution is 2.17. The highest BCUT2D eigenvalue weighted by atomic mass is 35.5. The van der Waals surface area contributed by atoms with Crippen LogP contribution in [0.2, 0.25) is 5.02 Å². The van der Waals surface area contributed by atoms with Crippen LogP contribution in [-0.2, 0) is 11.3 Å². The van der Waals surface area contributed by atoms with E-state index in [2.05, 4.69) is 20.2 Å². The lowest BCUT2D eigenvalue weighted by atomic mass is 10.2. The number of likely N-dealkylation sites (N-methyl/N-ethyl adjacent to an activating group) is 1. The smallest absolute Gasteiger partial charge is 0.237 e. The highest BCUT2D eigenvalue weighted by molar-refractivity contribution is 6.31. The lowest BCUT2D eigenvalue weighted by molar-refractivity contribution is -0.125. The Morgan fingerprint density at radius 2 is 2.45 bits per heavy atom. The Balaban J connectivity index is 1.66. The zero-order valence-electron chi connectivity index (χ0n) is 11.3. The number of hydrogen-bond acceptors (Lipinski definition) is 3. The van der Waals surface area contributed by atoms with Crippen LogP contribution in [0, 0.1) is 0 Å². The molecule has 0 spiro atoms. The number of nitrogens with one attached hydrogen (secondary N) is 2. The summed E-state index contributed by atoms with van der Waals surface area (Å²) in [6.07, 6.45) is 2.01. The molecular weight excluding hydrogens is 276 g/mol. The van der Waals surface area contributed by atoms with Crippen molar-refractivity contribution in [1.29, 1.82) is 0 Å². The van der Waals surface area contributed by atoms with E-state index in [0.29, 0.717) is 11.6 Å². The molecule has 5 nitrogen and oxygen atoms in total. The average molecular weight is 293 g/mol. The first kappa shape index (κ1) is 13.4. The number of H-pyrrole nitrogens is 1. The molecule has 0 unspecified atom stereocenters. The fourth-order valence-corrected chi connectivity index (χ4v) is 2.82. The van der Waals surface area contributed by atoms with Gasteiger partial charge in [0.2, 0.25) is 5.91 Å². The van der Waals surface area contributed by atoms with E-state index in [1.54, 1.807) is 6.07 Å². The van der Waals surface area contributed by atoms with Crippen LogP contribution < -0.4 is 5.32 Å². The first-order valence-corrected chi connectivity index (χ1v) is 7.13. The third-order valence-corrected chi connectivity index (χ3v) is 3.98. The summed E-state index contributed by atoms with van der Waals surface area (Å²) >= 11 is 5.93. The molecule has 20 heavy (non-hydrogen) atoms. The van der Waals surface area contributed by atoms with Crippen LogP contribution >= 0.6 is 11.6 Å². The van der Waals surface area contributed by atoms with Gasteiger partial charge in [0.1, 0.15) is 5.82 Å². The average Bonchev–Trinajstić information content (AvgIpc) is 3.01. The topological polar surface area (TPSA) is 61.0 Å². The first-order valence-electron chi connectivity index (χ1n) is 6.75. The second kappa shape index (κ2) is 5.42. The van der Waals surface area contributed by atoms with Crippen LogP contribution in [0.1, 0.15) is 18.7 Å². The van der Waals surface area contributed by atoms with Crippen LogP contribution in [0.25, 0.3) is 11.0 Å². The fourth-order valence-electron chi connectivity index (χ4n) is 2.65. The van der Waals surface area contributed by atoms with Gasteiger partial charge in [0.05, 0.1) is 23.6 Å². The lowest BCUT2D eigenvalue weighted by Gasteiger charge is -2.18. The maximum Gasteiger partial charge on any atom is 0.237 e. The number of likely N-dealkylation sites (tertiary alicyclic amines) is 1. The van der Waals surface area contributed by atoms with E-state index < -0.39 is 0 Å². The van der Waals surface area contributed by atoms with Crippen LogP contribution in [0.3, 0.4) is 0 Å². The predicted octanol–water partition coefficient (Wildman–Crippen LogP) is 1.93. The molecule has 6 heteroatoms. The van der Waals surface area contributed by atoms with Crippen molar-refractivity contribution >= 4 is 28.5 Å². The molecule has 1 aliphatic rings. The molecule has 2 heterocycles. The van der Waals surface area contributed by atoms with Gasteiger partial charge in [-0.05, 0) is 44.6 Å². The zero-order chi connectivity index (χ0) is 14.1. The molecule has 1 fully saturated rings. The zero-order valence-corrected chi connectivity index (χ0v) is 12.1. The van der Waals surface area contributed by atoms with Gasteiger partial charge in [0, 0.05) is 5.02 Å². The van der Waals surface area contributed by atoms with E-state index in [0.717, 1.165) is 36.2 Å². The van der Waals surface area contributed by atoms with E-state index in [1.165, 1.54) is 0 Å². The van der Waals surface area contributed by atoms with Crippen molar-refractivity contribution in [3.63, 3.8) is 0 Å². The van der Waals surface area contributed by atoms with Crippen molar-refractivity contribution in [2.45, 2.75) is 25.4 Å². The molecule has 1 aromatic carbocycles. The molecule has 0 aliphatic carbocycles. The number of nitrogens with zero attached hydrogens (tertiary/aromatic N) is 2. The monoisotopic (exact) mass is 292 g/mol. The first-order chi connectivity index (χ1) is 9.63. The summed E-state index contributed by atoms with van der Waals surface area (Å²) < 4.78 is 0. The van der Waals surface area contributed by atoms with Gasteiger partial charge in [-0.25, -0.2) is 4.98 Å². The number of amides is 1. The van der Waals surface area contributed by atoms with Gasteiger partial charge in [0.15, 0.2) is 0 Å². The molecule has 2 N–H and O–H groups in total. The Labute approximate surface area is 122 Å². The van der Waals surface area contributed by atoms with Gasteiger partial charge >= 0.3 is 0 Å². The Hall–Kier alpha value is -1.59. The minimum absolute atomic E-state index is 0.00572. The molecular formula is C14H17ClN4O. The number of imidazole rings is 1. The van der Waals surface area contributed by atoms with Crippen molar-refractivity contribution in [1.82, 2.24) is 20.2 Å². The molecule has 3 rings (SSSR count). The minimum atomic E-state index is -0.00572. The molecule has 2 aromatic rings. The lowest BCUT2D eigenvalue weighted by Crippen LogP contribution is -2.41. The van der Waals surface area contributed by atoms with Gasteiger partial charge < -0.3 is 10.3 Å². The van der Waals surface area contributed by atoms with Crippen molar-refractivity contribution in [2.75, 3.05) is 13.6 Å². The molecule has 0 bridgehead atoms. The maximum atomic E-state index is 12.1. The summed E-state index contributed by atoms with van der Waals surface area (Å²) in [5.74, 6) is 0.819. The summed E-state index contributed by atoms with van der Waals surface area (Å²) in [6, 6.07) is 5.50. The van der Waals surface area contributed by atoms with Crippen LogP contribution in [0.15, 0.2) is 18.2 Å². The molecule has 0 radical (unpaired) electrons. The summed E-state index contributed by atoms with van der Waals surface area (Å²) in [5, 5.41) is 3.61. The number of aromatic amines is 1. The third-order valence-electron chi connectivity index (χ3n) is 3.75. The van der Waals surface area contributed by atoms with Gasteiger partial charge in [-0.2, -0.15) is 0 Å². The normalized spacial score (nSPS) is 19.6. The summed E-state index contributed by atoms with van der Waals surface area (Å²) in [7, 11) is 1.99. The Morgan fingerprint density at radius 1 is 1.60 bits per heavy atom. The molecule has 1 amide bonds. The molecule has 106 valence electrons. The van der Waals surface area contributed by atoms with E-state index in [1.807, 2.05) is 19.2 Å². The standard InChI is InChI=1S/C14H17ClN4O/c1-19-6-2-3-12(19)14(20)16-8-13-17-10-5-4-9(15)7-11(10)18-13/h4-5,7,12H,2-3,6,8H2,1H3,(H,16,20)(H,17,18)/t12-/m1/s1. The van der Waals surface area contributed by atoms with Gasteiger partial charge in [-0.15, -0.1) is 0 Å². The van der Waals surface area contributed by atoms with Crippen molar-refractivity contribution in [3.05, 3.63) is 29.0 Å². The van der Waals surface area contributed by atoms with Gasteiger partial charge in [0.25, 0.3) is 0 Å². The molecule has 0 saturated carbocycles. The van der Waals surface area contributed by atoms with Crippen molar-refractivity contribution < 1.29 is 4.79 Å². The van der Waals surface area contributed by atoms with Gasteiger partial charge in [-0.1, -0.05) is 11.6 Å². The Kier molecular flexibility index (Phi) is 3.63. The van der Waals surface area contributed by atoms with Crippen molar-refractivity contribution in [3.8, 4) is 0 Å². The van der Waals surface area contributed by atoms with E-state index in [-0.39, 0.29) is 11.9 Å². The maximum absolute atomic E-state index is 12.1. The summed E-state index contributed by atoms with van der Waals surface area (Å²) in [4.78, 5) is 21.8. The number of aromatic nitrogens is 2. The largest absolute Gasteiger partial charge is 0.348 e. The SMILES string of the molecule is CN1CCC[C@@H]1C(=O)NCc1nc2ccc(Cl)cc2[nH]1. The molecule has 1 atom stereocenters. The number of carbonyl (C=O) groups excluding carboxylic acids is 1. The van der Waals surface area contributed by atoms with Crippen molar-refractivity contribution in [2.24, 2.45) is 0 Å². The second-order valence-electron chi connectivity index (χ2n) is 5.20. The summed E-state index contributed by atoms with van der Waals surface area (Å²) in [5.41, 5.74) is 1.75.